The third-order valence-electron chi connectivity index (χ3n) is 1.89. The molecule has 1 rings (SSSR count). The molecule has 98 valence electrons. The lowest BCUT2D eigenvalue weighted by molar-refractivity contribution is 0.0356. The van der Waals surface area contributed by atoms with Crippen molar-refractivity contribution < 1.29 is 19.1 Å². The summed E-state index contributed by atoms with van der Waals surface area (Å²) >= 11 is 0. The summed E-state index contributed by atoms with van der Waals surface area (Å²) in [5, 5.41) is 0. The van der Waals surface area contributed by atoms with Gasteiger partial charge in [0.15, 0.2) is 0 Å². The second kappa shape index (κ2) is 6.14. The predicted molar refractivity (Wildman–Crippen MR) is 65.3 cm³/mol. The molecule has 1 heterocycles. The van der Waals surface area contributed by atoms with E-state index in [0.717, 1.165) is 0 Å². The van der Waals surface area contributed by atoms with Crippen molar-refractivity contribution in [2.75, 3.05) is 0 Å². The second-order valence-electron chi connectivity index (χ2n) is 4.34. The number of pyridine rings is 1. The van der Waals surface area contributed by atoms with Gasteiger partial charge in [0.05, 0.1) is 17.8 Å². The minimum Gasteiger partial charge on any atom is -0.459 e. The molecule has 0 aliphatic heterocycles. The Balaban J connectivity index is 2.74. The molecule has 0 amide bonds. The molecule has 0 aliphatic carbocycles. The molecule has 0 fully saturated rings. The molecule has 0 spiro atoms. The van der Waals surface area contributed by atoms with E-state index in [1.807, 2.05) is 0 Å². The Morgan fingerprint density at radius 1 is 1.00 bits per heavy atom. The summed E-state index contributed by atoms with van der Waals surface area (Å²) in [7, 11) is 0. The predicted octanol–water partition coefficient (Wildman–Crippen LogP) is 2.21. The van der Waals surface area contributed by atoms with E-state index in [9.17, 15) is 9.59 Å². The highest BCUT2D eigenvalue weighted by Crippen LogP contribution is 2.06. The average Bonchev–Trinajstić information content (AvgIpc) is 2.27. The van der Waals surface area contributed by atoms with Crippen molar-refractivity contribution >= 4 is 11.9 Å². The third-order valence-corrected chi connectivity index (χ3v) is 1.89. The fourth-order valence-corrected chi connectivity index (χ4v) is 1.19. The van der Waals surface area contributed by atoms with Crippen LogP contribution >= 0.6 is 0 Å². The largest absolute Gasteiger partial charge is 0.459 e. The number of nitrogens with zero attached hydrogens (tertiary/aromatic N) is 1. The molecule has 0 saturated heterocycles. The first-order valence-corrected chi connectivity index (χ1v) is 5.78. The van der Waals surface area contributed by atoms with Crippen molar-refractivity contribution in [2.45, 2.75) is 39.9 Å². The third kappa shape index (κ3) is 4.16. The SMILES string of the molecule is CC(C)OC(=O)c1ccc(C(=O)OC(C)C)nc1. The standard InChI is InChI=1S/C13H17NO4/c1-8(2)17-12(15)10-5-6-11(14-7-10)13(16)18-9(3)4/h5-9H,1-4H3. The normalized spacial score (nSPS) is 10.6. The van der Waals surface area contributed by atoms with Gasteiger partial charge in [-0.05, 0) is 39.8 Å². The smallest absolute Gasteiger partial charge is 0.357 e. The Labute approximate surface area is 106 Å². The number of ether oxygens (including phenoxy) is 2. The second-order valence-corrected chi connectivity index (χ2v) is 4.34. The number of aromatic nitrogens is 1. The lowest BCUT2D eigenvalue weighted by Crippen LogP contribution is -2.15. The summed E-state index contributed by atoms with van der Waals surface area (Å²) in [5.41, 5.74) is 0.481. The minimum atomic E-state index is -0.506. The first-order chi connectivity index (χ1) is 8.40. The van der Waals surface area contributed by atoms with Gasteiger partial charge in [-0.25, -0.2) is 14.6 Å². The van der Waals surface area contributed by atoms with Crippen molar-refractivity contribution in [1.29, 1.82) is 0 Å². The summed E-state index contributed by atoms with van der Waals surface area (Å²) in [5.74, 6) is -0.963. The van der Waals surface area contributed by atoms with Crippen LogP contribution in [0.3, 0.4) is 0 Å². The molecule has 0 N–H and O–H groups in total. The zero-order chi connectivity index (χ0) is 13.7. The highest BCUT2D eigenvalue weighted by atomic mass is 16.5. The number of carbonyl (C=O) groups is 2. The van der Waals surface area contributed by atoms with E-state index in [4.69, 9.17) is 9.47 Å². The van der Waals surface area contributed by atoms with E-state index in [2.05, 4.69) is 4.98 Å². The maximum atomic E-state index is 11.5. The van der Waals surface area contributed by atoms with Gasteiger partial charge in [0.25, 0.3) is 0 Å². The fourth-order valence-electron chi connectivity index (χ4n) is 1.19. The van der Waals surface area contributed by atoms with E-state index < -0.39 is 11.9 Å². The van der Waals surface area contributed by atoms with Gasteiger partial charge in [-0.3, -0.25) is 0 Å². The molecule has 0 aliphatic rings. The summed E-state index contributed by atoms with van der Waals surface area (Å²) in [6.07, 6.45) is 0.912. The maximum absolute atomic E-state index is 11.5. The Hall–Kier alpha value is -1.91. The van der Waals surface area contributed by atoms with Crippen LogP contribution in [0.5, 0.6) is 0 Å². The summed E-state index contributed by atoms with van der Waals surface area (Å²) in [6, 6.07) is 2.94. The Morgan fingerprint density at radius 3 is 2.00 bits per heavy atom. The van der Waals surface area contributed by atoms with Gasteiger partial charge in [0.2, 0.25) is 0 Å². The highest BCUT2D eigenvalue weighted by molar-refractivity contribution is 5.91. The quantitative estimate of drug-likeness (QED) is 0.767. The van der Waals surface area contributed by atoms with Gasteiger partial charge in [0, 0.05) is 6.20 Å². The van der Waals surface area contributed by atoms with Gasteiger partial charge >= 0.3 is 11.9 Å². The van der Waals surface area contributed by atoms with E-state index in [-0.39, 0.29) is 17.9 Å². The number of rotatable bonds is 4. The highest BCUT2D eigenvalue weighted by Gasteiger charge is 2.13. The Kier molecular flexibility index (Phi) is 4.83. The Morgan fingerprint density at radius 2 is 1.56 bits per heavy atom. The molecule has 5 nitrogen and oxygen atoms in total. The van der Waals surface area contributed by atoms with Crippen LogP contribution in [0, 0.1) is 0 Å². The molecule has 0 aromatic carbocycles. The molecule has 18 heavy (non-hydrogen) atoms. The number of carbonyl (C=O) groups excluding carboxylic acids is 2. The van der Waals surface area contributed by atoms with Crippen LogP contribution in [-0.4, -0.2) is 29.1 Å². The van der Waals surface area contributed by atoms with Crippen molar-refractivity contribution in [2.24, 2.45) is 0 Å². The van der Waals surface area contributed by atoms with Crippen LogP contribution in [-0.2, 0) is 9.47 Å². The molecule has 0 saturated carbocycles. The minimum absolute atomic E-state index is 0.171. The molecule has 5 heteroatoms. The zero-order valence-corrected chi connectivity index (χ0v) is 11.0. The average molecular weight is 251 g/mol. The van der Waals surface area contributed by atoms with Gasteiger partial charge < -0.3 is 9.47 Å². The lowest BCUT2D eigenvalue weighted by Gasteiger charge is -2.09. The van der Waals surface area contributed by atoms with Crippen molar-refractivity contribution in [1.82, 2.24) is 4.98 Å². The monoisotopic (exact) mass is 251 g/mol. The van der Waals surface area contributed by atoms with Crippen LogP contribution < -0.4 is 0 Å². The molecular weight excluding hydrogens is 234 g/mol. The van der Waals surface area contributed by atoms with Crippen molar-refractivity contribution in [3.05, 3.63) is 29.6 Å². The molecule has 1 aromatic heterocycles. The molecule has 0 bridgehead atoms. The topological polar surface area (TPSA) is 65.5 Å². The summed E-state index contributed by atoms with van der Waals surface area (Å²) < 4.78 is 9.99. The van der Waals surface area contributed by atoms with E-state index in [1.54, 1.807) is 27.7 Å². The summed E-state index contributed by atoms with van der Waals surface area (Å²) in [6.45, 7) is 7.04. The number of hydrogen-bond donors (Lipinski definition) is 0. The molecule has 0 radical (unpaired) electrons. The van der Waals surface area contributed by atoms with Crippen molar-refractivity contribution in [3.8, 4) is 0 Å². The van der Waals surface area contributed by atoms with Gasteiger partial charge in [-0.15, -0.1) is 0 Å². The van der Waals surface area contributed by atoms with Crippen LogP contribution in [0.15, 0.2) is 18.3 Å². The van der Waals surface area contributed by atoms with Crippen LogP contribution in [0.25, 0.3) is 0 Å². The lowest BCUT2D eigenvalue weighted by atomic mass is 10.2. The first-order valence-electron chi connectivity index (χ1n) is 5.78. The van der Waals surface area contributed by atoms with Gasteiger partial charge in [-0.1, -0.05) is 0 Å². The van der Waals surface area contributed by atoms with E-state index >= 15 is 0 Å². The first kappa shape index (κ1) is 14.2. The van der Waals surface area contributed by atoms with Crippen molar-refractivity contribution in [3.63, 3.8) is 0 Å². The Bertz CT molecular complexity index is 382. The zero-order valence-electron chi connectivity index (χ0n) is 11.0. The van der Waals surface area contributed by atoms with E-state index in [1.165, 1.54) is 18.3 Å². The van der Waals surface area contributed by atoms with Gasteiger partial charge in [-0.2, -0.15) is 0 Å². The fraction of sp³-hybridized carbons (Fsp3) is 0.462. The molecule has 0 unspecified atom stereocenters. The molecule has 0 atom stereocenters. The van der Waals surface area contributed by atoms with Crippen LogP contribution in [0.1, 0.15) is 48.5 Å². The summed E-state index contributed by atoms with van der Waals surface area (Å²) in [4.78, 5) is 26.9. The van der Waals surface area contributed by atoms with Crippen LogP contribution in [0.2, 0.25) is 0 Å². The number of hydrogen-bond acceptors (Lipinski definition) is 5. The maximum Gasteiger partial charge on any atom is 0.357 e. The molecule has 1 aromatic rings. The van der Waals surface area contributed by atoms with Crippen LogP contribution in [0.4, 0.5) is 0 Å². The van der Waals surface area contributed by atoms with E-state index in [0.29, 0.717) is 5.56 Å². The van der Waals surface area contributed by atoms with Gasteiger partial charge in [0.1, 0.15) is 5.69 Å². The number of esters is 2. The molecular formula is C13H17NO4.